The van der Waals surface area contributed by atoms with Crippen molar-refractivity contribution in [3.05, 3.63) is 76.0 Å². The molecule has 0 aromatic carbocycles. The van der Waals surface area contributed by atoms with Crippen molar-refractivity contribution >= 4 is 22.6 Å². The summed E-state index contributed by atoms with van der Waals surface area (Å²) in [5, 5.41) is 11.7. The summed E-state index contributed by atoms with van der Waals surface area (Å²) in [6.07, 6.45) is 3.89. The van der Waals surface area contributed by atoms with Crippen LogP contribution < -0.4 is 16.4 Å². The molecule has 8 nitrogen and oxygen atoms in total. The van der Waals surface area contributed by atoms with Gasteiger partial charge in [-0.05, 0) is 43.7 Å². The van der Waals surface area contributed by atoms with E-state index in [1.807, 2.05) is 13.8 Å². The number of amides is 1. The van der Waals surface area contributed by atoms with Crippen LogP contribution in [-0.4, -0.2) is 19.9 Å². The van der Waals surface area contributed by atoms with E-state index in [1.165, 1.54) is 16.7 Å². The van der Waals surface area contributed by atoms with Crippen LogP contribution in [-0.2, 0) is 6.54 Å². The minimum Gasteiger partial charge on any atom is -0.467 e. The molecule has 1 unspecified atom stereocenters. The van der Waals surface area contributed by atoms with E-state index in [4.69, 9.17) is 9.83 Å². The fraction of sp³-hybridized carbons (Fsp3) is 0.238. The molecule has 4 aromatic rings. The van der Waals surface area contributed by atoms with Gasteiger partial charge in [0.05, 0.1) is 23.8 Å². The summed E-state index contributed by atoms with van der Waals surface area (Å²) in [4.78, 5) is 30.5. The number of furan rings is 1. The van der Waals surface area contributed by atoms with Crippen LogP contribution in [0.3, 0.4) is 0 Å². The first kappa shape index (κ1) is 18.7. The van der Waals surface area contributed by atoms with E-state index < -0.39 is 5.91 Å². The van der Waals surface area contributed by atoms with Crippen LogP contribution in [0.1, 0.15) is 42.4 Å². The van der Waals surface area contributed by atoms with Gasteiger partial charge in [0, 0.05) is 12.2 Å². The van der Waals surface area contributed by atoms with Crippen molar-refractivity contribution in [2.45, 2.75) is 32.9 Å². The lowest BCUT2D eigenvalue weighted by molar-refractivity contribution is 0.0945. The Labute approximate surface area is 165 Å². The first-order chi connectivity index (χ1) is 14.0. The highest BCUT2D eigenvalue weighted by molar-refractivity contribution is 5.96. The molecule has 0 fully saturated rings. The molecule has 148 valence electrons. The molecule has 0 aliphatic rings. The Morgan fingerprint density at radius 3 is 2.86 bits per heavy atom. The SMILES string of the molecule is CCC(C)n1c(=N)c(C(=O)NCc2ccco2)cc2c(=O)n3ccccc3nc21. The van der Waals surface area contributed by atoms with E-state index in [0.717, 1.165) is 6.42 Å². The Kier molecular flexibility index (Phi) is 4.75. The van der Waals surface area contributed by atoms with Crippen LogP contribution in [0, 0.1) is 5.41 Å². The van der Waals surface area contributed by atoms with Gasteiger partial charge < -0.3 is 14.3 Å². The molecule has 2 N–H and O–H groups in total. The van der Waals surface area contributed by atoms with Crippen LogP contribution in [0.15, 0.2) is 58.1 Å². The second-order valence-electron chi connectivity index (χ2n) is 6.88. The van der Waals surface area contributed by atoms with Crippen molar-refractivity contribution in [3.63, 3.8) is 0 Å². The first-order valence-electron chi connectivity index (χ1n) is 9.43. The molecule has 0 spiro atoms. The van der Waals surface area contributed by atoms with Crippen LogP contribution in [0.2, 0.25) is 0 Å². The van der Waals surface area contributed by atoms with Crippen LogP contribution in [0.5, 0.6) is 0 Å². The molecule has 0 aliphatic heterocycles. The van der Waals surface area contributed by atoms with Crippen LogP contribution in [0.25, 0.3) is 16.7 Å². The average Bonchev–Trinajstić information content (AvgIpc) is 3.25. The minimum atomic E-state index is -0.442. The fourth-order valence-corrected chi connectivity index (χ4v) is 3.31. The highest BCUT2D eigenvalue weighted by atomic mass is 16.3. The Morgan fingerprint density at radius 1 is 1.31 bits per heavy atom. The van der Waals surface area contributed by atoms with Gasteiger partial charge in [0.1, 0.15) is 22.5 Å². The Morgan fingerprint density at radius 2 is 2.14 bits per heavy atom. The predicted octanol–water partition coefficient (Wildman–Crippen LogP) is 2.62. The number of carbonyl (C=O) groups excluding carboxylic acids is 1. The summed E-state index contributed by atoms with van der Waals surface area (Å²) in [6.45, 7) is 4.12. The number of hydrogen-bond acceptors (Lipinski definition) is 5. The molecule has 4 heterocycles. The second-order valence-corrected chi connectivity index (χ2v) is 6.88. The number of nitrogens with one attached hydrogen (secondary N) is 2. The predicted molar refractivity (Wildman–Crippen MR) is 108 cm³/mol. The van der Waals surface area contributed by atoms with Crippen molar-refractivity contribution in [2.75, 3.05) is 0 Å². The molecule has 0 bridgehead atoms. The van der Waals surface area contributed by atoms with E-state index in [9.17, 15) is 9.59 Å². The van der Waals surface area contributed by atoms with Crippen molar-refractivity contribution < 1.29 is 9.21 Å². The van der Waals surface area contributed by atoms with E-state index in [-0.39, 0.29) is 29.2 Å². The van der Waals surface area contributed by atoms with Gasteiger partial charge in [-0.3, -0.25) is 19.4 Å². The number of fused-ring (bicyclic) bond motifs is 2. The molecule has 4 aromatic heterocycles. The Balaban J connectivity index is 1.93. The standard InChI is InChI=1S/C21H21N5O3/c1-3-13(2)26-18(22)15(20(27)23-12-14-7-6-10-29-14)11-16-19(26)24-17-8-4-5-9-25(17)21(16)28/h4-11,13,22H,3,12H2,1-2H3,(H,23,27). The lowest BCUT2D eigenvalue weighted by Gasteiger charge is -2.19. The first-order valence-corrected chi connectivity index (χ1v) is 9.43. The fourth-order valence-electron chi connectivity index (χ4n) is 3.31. The lowest BCUT2D eigenvalue weighted by atomic mass is 10.1. The number of pyridine rings is 2. The van der Waals surface area contributed by atoms with E-state index >= 15 is 0 Å². The molecule has 0 radical (unpaired) electrons. The van der Waals surface area contributed by atoms with Gasteiger partial charge in [0.25, 0.3) is 11.5 Å². The summed E-state index contributed by atoms with van der Waals surface area (Å²) in [7, 11) is 0. The normalized spacial score (nSPS) is 12.3. The van der Waals surface area contributed by atoms with Crippen molar-refractivity contribution in [2.24, 2.45) is 0 Å². The summed E-state index contributed by atoms with van der Waals surface area (Å²) >= 11 is 0. The number of rotatable bonds is 5. The van der Waals surface area contributed by atoms with E-state index in [1.54, 1.807) is 41.1 Å². The lowest BCUT2D eigenvalue weighted by Crippen LogP contribution is -2.35. The molecule has 29 heavy (non-hydrogen) atoms. The van der Waals surface area contributed by atoms with Gasteiger partial charge >= 0.3 is 0 Å². The van der Waals surface area contributed by atoms with Gasteiger partial charge in [-0.25, -0.2) is 4.98 Å². The van der Waals surface area contributed by atoms with E-state index in [2.05, 4.69) is 10.3 Å². The highest BCUT2D eigenvalue weighted by Gasteiger charge is 2.19. The van der Waals surface area contributed by atoms with Crippen LogP contribution in [0.4, 0.5) is 0 Å². The summed E-state index contributed by atoms with van der Waals surface area (Å²) in [6, 6.07) is 10.1. The second kappa shape index (κ2) is 7.38. The summed E-state index contributed by atoms with van der Waals surface area (Å²) in [5.74, 6) is 0.163. The Hall–Kier alpha value is -3.68. The highest BCUT2D eigenvalue weighted by Crippen LogP contribution is 2.16. The van der Waals surface area contributed by atoms with Gasteiger partial charge in [-0.15, -0.1) is 0 Å². The van der Waals surface area contributed by atoms with Crippen molar-refractivity contribution in [1.82, 2.24) is 19.3 Å². The Bertz CT molecular complexity index is 1320. The van der Waals surface area contributed by atoms with E-state index in [0.29, 0.717) is 22.4 Å². The molecule has 8 heteroatoms. The third-order valence-electron chi connectivity index (χ3n) is 5.04. The zero-order chi connectivity index (χ0) is 20.5. The quantitative estimate of drug-likeness (QED) is 0.510. The number of carbonyl (C=O) groups is 1. The monoisotopic (exact) mass is 391 g/mol. The maximum absolute atomic E-state index is 13.1. The van der Waals surface area contributed by atoms with Crippen LogP contribution >= 0.6 is 0 Å². The molecule has 4 rings (SSSR count). The number of nitrogens with zero attached hydrogens (tertiary/aromatic N) is 3. The number of aromatic nitrogens is 3. The van der Waals surface area contributed by atoms with Crippen molar-refractivity contribution in [3.8, 4) is 0 Å². The van der Waals surface area contributed by atoms with Gasteiger partial charge in [0.2, 0.25) is 0 Å². The molecule has 0 aliphatic carbocycles. The molecule has 0 saturated carbocycles. The third kappa shape index (κ3) is 3.22. The zero-order valence-electron chi connectivity index (χ0n) is 16.2. The smallest absolute Gasteiger partial charge is 0.267 e. The zero-order valence-corrected chi connectivity index (χ0v) is 16.2. The molecule has 0 saturated heterocycles. The van der Waals surface area contributed by atoms with Gasteiger partial charge in [-0.2, -0.15) is 0 Å². The van der Waals surface area contributed by atoms with Gasteiger partial charge in [0.15, 0.2) is 0 Å². The van der Waals surface area contributed by atoms with Gasteiger partial charge in [-0.1, -0.05) is 13.0 Å². The van der Waals surface area contributed by atoms with Crippen molar-refractivity contribution in [1.29, 1.82) is 5.41 Å². The third-order valence-corrected chi connectivity index (χ3v) is 5.04. The maximum atomic E-state index is 13.1. The number of hydrogen-bond donors (Lipinski definition) is 2. The molecule has 1 amide bonds. The summed E-state index contributed by atoms with van der Waals surface area (Å²) < 4.78 is 8.34. The molecule has 1 atom stereocenters. The molecular weight excluding hydrogens is 370 g/mol. The maximum Gasteiger partial charge on any atom is 0.267 e. The topological polar surface area (TPSA) is 105 Å². The minimum absolute atomic E-state index is 0.0241. The average molecular weight is 391 g/mol. The summed E-state index contributed by atoms with van der Waals surface area (Å²) in [5.41, 5.74) is 0.775. The largest absolute Gasteiger partial charge is 0.467 e. The molecular formula is C21H21N5O3.